The molecule has 1 fully saturated rings. The first-order valence-corrected chi connectivity index (χ1v) is 7.86. The number of nitrogens with one attached hydrogen (secondary N) is 1. The third-order valence-corrected chi connectivity index (χ3v) is 5.12. The third-order valence-electron chi connectivity index (χ3n) is 3.37. The predicted octanol–water partition coefficient (Wildman–Crippen LogP) is 1.83. The summed E-state index contributed by atoms with van der Waals surface area (Å²) in [7, 11) is -2.92. The van der Waals surface area contributed by atoms with E-state index in [9.17, 15) is 8.42 Å². The fourth-order valence-corrected chi connectivity index (χ4v) is 4.27. The number of aryl methyl sites for hydroxylation is 1. The van der Waals surface area contributed by atoms with Crippen LogP contribution in [0.2, 0.25) is 0 Å². The second-order valence-corrected chi connectivity index (χ2v) is 6.91. The summed E-state index contributed by atoms with van der Waals surface area (Å²) in [6.45, 7) is 4.05. The summed E-state index contributed by atoms with van der Waals surface area (Å²) in [5.74, 6) is 0.486. The summed E-state index contributed by atoms with van der Waals surface area (Å²) in [4.78, 5) is 0. The molecule has 1 aliphatic heterocycles. The van der Waals surface area contributed by atoms with E-state index in [1.807, 2.05) is 38.1 Å². The molecule has 1 heterocycles. The van der Waals surface area contributed by atoms with Crippen LogP contribution in [0.1, 0.15) is 30.5 Å². The molecule has 0 aromatic heterocycles. The Balaban J connectivity index is 2.30. The molecule has 3 nitrogen and oxygen atoms in total. The van der Waals surface area contributed by atoms with Gasteiger partial charge in [-0.15, -0.1) is 0 Å². The zero-order valence-corrected chi connectivity index (χ0v) is 11.1. The Morgan fingerprint density at radius 2 is 2.00 bits per heavy atom. The molecular weight excluding hydrogens is 234 g/mol. The van der Waals surface area contributed by atoms with Crippen molar-refractivity contribution < 1.29 is 8.42 Å². The van der Waals surface area contributed by atoms with Crippen molar-refractivity contribution in [2.45, 2.75) is 32.4 Å². The highest BCUT2D eigenvalue weighted by molar-refractivity contribution is 7.91. The van der Waals surface area contributed by atoms with Gasteiger partial charge in [-0.3, -0.25) is 0 Å². The van der Waals surface area contributed by atoms with E-state index >= 15 is 0 Å². The number of hydrogen-bond acceptors (Lipinski definition) is 3. The molecule has 1 aromatic carbocycles. The minimum atomic E-state index is -2.92. The van der Waals surface area contributed by atoms with E-state index in [-0.39, 0.29) is 23.6 Å². The highest BCUT2D eigenvalue weighted by atomic mass is 32.2. The maximum atomic E-state index is 11.9. The minimum Gasteiger partial charge on any atom is -0.305 e. The van der Waals surface area contributed by atoms with Crippen molar-refractivity contribution in [2.75, 3.05) is 11.5 Å². The van der Waals surface area contributed by atoms with Crippen LogP contribution in [0.4, 0.5) is 0 Å². The summed E-state index contributed by atoms with van der Waals surface area (Å²) in [5, 5.41) is 3.44. The van der Waals surface area contributed by atoms with Gasteiger partial charge in [0.2, 0.25) is 0 Å². The van der Waals surface area contributed by atoms with Gasteiger partial charge in [0, 0.05) is 12.1 Å². The Kier molecular flexibility index (Phi) is 3.54. The van der Waals surface area contributed by atoms with Gasteiger partial charge in [-0.25, -0.2) is 8.42 Å². The van der Waals surface area contributed by atoms with E-state index in [0.29, 0.717) is 0 Å². The number of hydrogen-bond donors (Lipinski definition) is 1. The largest absolute Gasteiger partial charge is 0.305 e. The molecule has 17 heavy (non-hydrogen) atoms. The highest BCUT2D eigenvalue weighted by Crippen LogP contribution is 2.24. The van der Waals surface area contributed by atoms with Crippen molar-refractivity contribution in [2.24, 2.45) is 0 Å². The second kappa shape index (κ2) is 4.78. The van der Waals surface area contributed by atoms with Crippen LogP contribution in [0.5, 0.6) is 0 Å². The molecule has 4 heteroatoms. The lowest BCUT2D eigenvalue weighted by Crippen LogP contribution is -2.46. The summed E-state index contributed by atoms with van der Waals surface area (Å²) < 4.78 is 23.7. The number of benzene rings is 1. The molecule has 0 spiro atoms. The molecule has 0 aliphatic carbocycles. The van der Waals surface area contributed by atoms with Crippen LogP contribution < -0.4 is 5.32 Å². The minimum absolute atomic E-state index is 0.0556. The van der Waals surface area contributed by atoms with E-state index in [1.165, 1.54) is 0 Å². The summed E-state index contributed by atoms with van der Waals surface area (Å²) >= 11 is 0. The van der Waals surface area contributed by atoms with Crippen molar-refractivity contribution in [3.63, 3.8) is 0 Å². The Morgan fingerprint density at radius 3 is 2.65 bits per heavy atom. The maximum absolute atomic E-state index is 11.9. The molecule has 94 valence electrons. The average Bonchev–Trinajstić information content (AvgIpc) is 2.27. The molecule has 1 aliphatic rings. The van der Waals surface area contributed by atoms with Crippen LogP contribution in [0.15, 0.2) is 24.3 Å². The first kappa shape index (κ1) is 12.6. The molecular formula is C13H19NO2S. The van der Waals surface area contributed by atoms with E-state index in [2.05, 4.69) is 5.32 Å². The predicted molar refractivity (Wildman–Crippen MR) is 69.8 cm³/mol. The van der Waals surface area contributed by atoms with Crippen LogP contribution in [0, 0.1) is 6.92 Å². The van der Waals surface area contributed by atoms with Crippen molar-refractivity contribution in [1.82, 2.24) is 5.32 Å². The van der Waals surface area contributed by atoms with Gasteiger partial charge in [-0.1, -0.05) is 31.2 Å². The van der Waals surface area contributed by atoms with Crippen molar-refractivity contribution in [1.29, 1.82) is 0 Å². The topological polar surface area (TPSA) is 46.2 Å². The quantitative estimate of drug-likeness (QED) is 0.874. The van der Waals surface area contributed by atoms with Crippen LogP contribution >= 0.6 is 0 Å². The van der Waals surface area contributed by atoms with Crippen LogP contribution in [0.25, 0.3) is 0 Å². The van der Waals surface area contributed by atoms with Gasteiger partial charge in [0.1, 0.15) is 0 Å². The monoisotopic (exact) mass is 253 g/mol. The fourth-order valence-electron chi connectivity index (χ4n) is 2.40. The molecule has 1 N–H and O–H groups in total. The van der Waals surface area contributed by atoms with Gasteiger partial charge < -0.3 is 5.32 Å². The van der Waals surface area contributed by atoms with Crippen molar-refractivity contribution >= 4 is 9.84 Å². The standard InChI is InChI=1S/C13H19NO2S/c1-3-11-8-17(15,16)9-13(14-11)12-7-5-4-6-10(12)2/h4-7,11,13-14H,3,8-9H2,1-2H3. The van der Waals surface area contributed by atoms with Gasteiger partial charge in [-0.2, -0.15) is 0 Å². The Labute approximate surface area is 103 Å². The molecule has 2 rings (SSSR count). The summed E-state index contributed by atoms with van der Waals surface area (Å²) in [6, 6.07) is 8.01. The Morgan fingerprint density at radius 1 is 1.29 bits per heavy atom. The van der Waals surface area contributed by atoms with Crippen LogP contribution in [-0.4, -0.2) is 26.0 Å². The zero-order chi connectivity index (χ0) is 12.5. The molecule has 1 saturated heterocycles. The Hall–Kier alpha value is -0.870. The SMILES string of the molecule is CCC1CS(=O)(=O)CC(c2ccccc2C)N1. The van der Waals surface area contributed by atoms with Crippen LogP contribution in [-0.2, 0) is 9.84 Å². The Bertz CT molecular complexity index is 496. The van der Waals surface area contributed by atoms with Gasteiger partial charge in [0.05, 0.1) is 11.5 Å². The number of rotatable bonds is 2. The summed E-state index contributed by atoms with van der Waals surface area (Å²) in [5.41, 5.74) is 2.26. The normalized spacial score (nSPS) is 27.9. The first-order valence-electron chi connectivity index (χ1n) is 6.04. The maximum Gasteiger partial charge on any atom is 0.153 e. The average molecular weight is 253 g/mol. The molecule has 0 amide bonds. The molecule has 1 aromatic rings. The van der Waals surface area contributed by atoms with Crippen LogP contribution in [0.3, 0.4) is 0 Å². The van der Waals surface area contributed by atoms with E-state index in [1.54, 1.807) is 0 Å². The lowest BCUT2D eigenvalue weighted by Gasteiger charge is -2.31. The number of sulfone groups is 1. The molecule has 2 unspecified atom stereocenters. The van der Waals surface area contributed by atoms with Gasteiger partial charge in [0.15, 0.2) is 9.84 Å². The highest BCUT2D eigenvalue weighted by Gasteiger charge is 2.31. The fraction of sp³-hybridized carbons (Fsp3) is 0.538. The van der Waals surface area contributed by atoms with E-state index in [4.69, 9.17) is 0 Å². The van der Waals surface area contributed by atoms with E-state index < -0.39 is 9.84 Å². The molecule has 0 bridgehead atoms. The third kappa shape index (κ3) is 2.87. The second-order valence-electron chi connectivity index (χ2n) is 4.76. The van der Waals surface area contributed by atoms with Gasteiger partial charge in [-0.05, 0) is 24.5 Å². The smallest absolute Gasteiger partial charge is 0.153 e. The van der Waals surface area contributed by atoms with Crippen molar-refractivity contribution in [3.05, 3.63) is 35.4 Å². The van der Waals surface area contributed by atoms with E-state index in [0.717, 1.165) is 17.5 Å². The lowest BCUT2D eigenvalue weighted by atomic mass is 10.0. The molecule has 0 radical (unpaired) electrons. The van der Waals surface area contributed by atoms with Gasteiger partial charge in [0.25, 0.3) is 0 Å². The van der Waals surface area contributed by atoms with Gasteiger partial charge >= 0.3 is 0 Å². The molecule has 2 atom stereocenters. The van der Waals surface area contributed by atoms with Crippen molar-refractivity contribution in [3.8, 4) is 0 Å². The zero-order valence-electron chi connectivity index (χ0n) is 10.3. The first-order chi connectivity index (χ1) is 8.02. The summed E-state index contributed by atoms with van der Waals surface area (Å²) in [6.07, 6.45) is 0.849. The lowest BCUT2D eigenvalue weighted by molar-refractivity contribution is 0.439. The molecule has 0 saturated carbocycles.